The second-order valence-electron chi connectivity index (χ2n) is 5.20. The molecule has 0 aliphatic rings. The number of aromatic hydroxyl groups is 1. The van der Waals surface area contributed by atoms with Gasteiger partial charge < -0.3 is 14.6 Å². The Labute approximate surface area is 136 Å². The molecule has 1 N–H and O–H groups in total. The molecule has 4 heteroatoms. The molecule has 0 saturated carbocycles. The summed E-state index contributed by atoms with van der Waals surface area (Å²) in [6.45, 7) is 2.59. The average molecular weight is 314 g/mol. The molecule has 2 aromatic carbocycles. The number of hydrogen-bond donors (Lipinski definition) is 1. The highest BCUT2D eigenvalue weighted by atomic mass is 16.5. The molecule has 0 amide bonds. The number of benzene rings is 2. The minimum absolute atomic E-state index is 0.146. The van der Waals surface area contributed by atoms with Gasteiger partial charge in [-0.1, -0.05) is 42.5 Å². The van der Waals surface area contributed by atoms with E-state index in [4.69, 9.17) is 9.47 Å². The van der Waals surface area contributed by atoms with E-state index < -0.39 is 0 Å². The van der Waals surface area contributed by atoms with Crippen molar-refractivity contribution in [3.05, 3.63) is 59.7 Å². The molecular weight excluding hydrogens is 292 g/mol. The van der Waals surface area contributed by atoms with E-state index in [1.807, 2.05) is 42.5 Å². The summed E-state index contributed by atoms with van der Waals surface area (Å²) in [6.07, 6.45) is 1.59. The predicted octanol–water partition coefficient (Wildman–Crippen LogP) is 3.86. The first-order chi connectivity index (χ1) is 11.2. The zero-order chi connectivity index (χ0) is 16.5. The Morgan fingerprint density at radius 3 is 2.61 bits per heavy atom. The molecule has 0 aliphatic carbocycles. The van der Waals surface area contributed by atoms with Crippen molar-refractivity contribution in [1.82, 2.24) is 0 Å². The molecule has 0 atom stereocenters. The molecule has 0 radical (unpaired) electrons. The van der Waals surface area contributed by atoms with Crippen LogP contribution in [0.25, 0.3) is 0 Å². The second kappa shape index (κ2) is 8.83. The van der Waals surface area contributed by atoms with Crippen LogP contribution < -0.4 is 4.74 Å². The third-order valence-electron chi connectivity index (χ3n) is 3.45. The lowest BCUT2D eigenvalue weighted by molar-refractivity contribution is -0.143. The number of carbonyl (C=O) groups excluding carboxylic acids is 1. The monoisotopic (exact) mass is 314 g/mol. The van der Waals surface area contributed by atoms with Gasteiger partial charge in [-0.3, -0.25) is 4.79 Å². The van der Waals surface area contributed by atoms with Gasteiger partial charge >= 0.3 is 5.97 Å². The van der Waals surface area contributed by atoms with Crippen LogP contribution in [0, 0.1) is 0 Å². The highest BCUT2D eigenvalue weighted by Gasteiger charge is 2.09. The third kappa shape index (κ3) is 5.33. The van der Waals surface area contributed by atoms with Crippen molar-refractivity contribution in [3.8, 4) is 11.5 Å². The Hall–Kier alpha value is -2.49. The average Bonchev–Trinajstić information content (AvgIpc) is 2.56. The fraction of sp³-hybridized carbons (Fsp3) is 0.316. The predicted molar refractivity (Wildman–Crippen MR) is 88.5 cm³/mol. The maximum absolute atomic E-state index is 11.3. The zero-order valence-electron chi connectivity index (χ0n) is 13.3. The van der Waals surface area contributed by atoms with Crippen LogP contribution in [0.3, 0.4) is 0 Å². The van der Waals surface area contributed by atoms with Gasteiger partial charge in [-0.25, -0.2) is 0 Å². The van der Waals surface area contributed by atoms with Crippen LogP contribution in [0.5, 0.6) is 11.5 Å². The molecule has 0 unspecified atom stereocenters. The number of aryl methyl sites for hydroxylation is 1. The molecule has 2 aromatic rings. The summed E-state index contributed by atoms with van der Waals surface area (Å²) in [4.78, 5) is 11.3. The van der Waals surface area contributed by atoms with Crippen molar-refractivity contribution in [1.29, 1.82) is 0 Å². The van der Waals surface area contributed by atoms with Crippen LogP contribution in [0.15, 0.2) is 48.5 Å². The molecule has 2 rings (SSSR count). The summed E-state index contributed by atoms with van der Waals surface area (Å²) in [5.74, 6) is 0.401. The molecule has 122 valence electrons. The minimum Gasteiger partial charge on any atom is -0.504 e. The van der Waals surface area contributed by atoms with Gasteiger partial charge in [-0.15, -0.1) is 0 Å². The summed E-state index contributed by atoms with van der Waals surface area (Å²) in [5, 5.41) is 10.3. The summed E-state index contributed by atoms with van der Waals surface area (Å²) in [5.41, 5.74) is 1.82. The van der Waals surface area contributed by atoms with Crippen molar-refractivity contribution >= 4 is 5.97 Å². The molecule has 0 fully saturated rings. The van der Waals surface area contributed by atoms with Crippen LogP contribution >= 0.6 is 0 Å². The number of esters is 1. The number of para-hydroxylation sites is 1. The van der Waals surface area contributed by atoms with Gasteiger partial charge in [0, 0.05) is 6.42 Å². The van der Waals surface area contributed by atoms with E-state index >= 15 is 0 Å². The molecule has 0 heterocycles. The van der Waals surface area contributed by atoms with Gasteiger partial charge in [0.25, 0.3) is 0 Å². The fourth-order valence-electron chi connectivity index (χ4n) is 2.28. The summed E-state index contributed by atoms with van der Waals surface area (Å²) >= 11 is 0. The Bertz CT molecular complexity index is 623. The van der Waals surface area contributed by atoms with Gasteiger partial charge in [-0.2, -0.15) is 0 Å². The maximum atomic E-state index is 11.3. The summed E-state index contributed by atoms with van der Waals surface area (Å²) < 4.78 is 10.6. The number of rotatable bonds is 8. The lowest BCUT2D eigenvalue weighted by Crippen LogP contribution is -2.04. The molecule has 0 aliphatic heterocycles. The quantitative estimate of drug-likeness (QED) is 0.752. The standard InChI is InChI=1S/C19H22O4/c1-2-22-18(20)13-7-11-16-10-6-12-17(19(16)21)23-14-15-8-4-3-5-9-15/h3-6,8-10,12,21H,2,7,11,13-14H2,1H3. The molecule has 0 saturated heterocycles. The van der Waals surface area contributed by atoms with E-state index in [-0.39, 0.29) is 11.7 Å². The van der Waals surface area contributed by atoms with Crippen LogP contribution in [0.2, 0.25) is 0 Å². The van der Waals surface area contributed by atoms with Gasteiger partial charge in [0.2, 0.25) is 0 Å². The summed E-state index contributed by atoms with van der Waals surface area (Å²) in [7, 11) is 0. The highest BCUT2D eigenvalue weighted by molar-refractivity contribution is 5.69. The molecule has 0 bridgehead atoms. The number of hydrogen-bond acceptors (Lipinski definition) is 4. The van der Waals surface area contributed by atoms with Gasteiger partial charge in [0.1, 0.15) is 6.61 Å². The van der Waals surface area contributed by atoms with Crippen LogP contribution in [0.4, 0.5) is 0 Å². The van der Waals surface area contributed by atoms with Crippen molar-refractivity contribution < 1.29 is 19.4 Å². The lowest BCUT2D eigenvalue weighted by atomic mass is 10.1. The topological polar surface area (TPSA) is 55.8 Å². The van der Waals surface area contributed by atoms with Crippen LogP contribution in [-0.4, -0.2) is 17.7 Å². The Morgan fingerprint density at radius 1 is 1.09 bits per heavy atom. The first kappa shape index (κ1) is 16.9. The SMILES string of the molecule is CCOC(=O)CCCc1cccc(OCc2ccccc2)c1O. The number of carbonyl (C=O) groups is 1. The van der Waals surface area contributed by atoms with Gasteiger partial charge in [0.05, 0.1) is 6.61 Å². The van der Waals surface area contributed by atoms with Crippen molar-refractivity contribution in [3.63, 3.8) is 0 Å². The van der Waals surface area contributed by atoms with Crippen LogP contribution in [0.1, 0.15) is 30.9 Å². The largest absolute Gasteiger partial charge is 0.504 e. The molecule has 4 nitrogen and oxygen atoms in total. The zero-order valence-corrected chi connectivity index (χ0v) is 13.3. The van der Waals surface area contributed by atoms with E-state index in [9.17, 15) is 9.90 Å². The van der Waals surface area contributed by atoms with E-state index in [1.165, 1.54) is 0 Å². The molecular formula is C19H22O4. The van der Waals surface area contributed by atoms with Crippen molar-refractivity contribution in [2.24, 2.45) is 0 Å². The maximum Gasteiger partial charge on any atom is 0.305 e. The molecule has 0 aromatic heterocycles. The Balaban J connectivity index is 1.91. The second-order valence-corrected chi connectivity index (χ2v) is 5.20. The van der Waals surface area contributed by atoms with E-state index in [1.54, 1.807) is 13.0 Å². The number of phenols is 1. The van der Waals surface area contributed by atoms with Gasteiger partial charge in [-0.05, 0) is 37.0 Å². The summed E-state index contributed by atoms with van der Waals surface area (Å²) in [6, 6.07) is 15.2. The van der Waals surface area contributed by atoms with Crippen LogP contribution in [-0.2, 0) is 22.6 Å². The molecule has 0 spiro atoms. The normalized spacial score (nSPS) is 10.3. The van der Waals surface area contributed by atoms with E-state index in [2.05, 4.69) is 0 Å². The third-order valence-corrected chi connectivity index (χ3v) is 3.45. The number of ether oxygens (including phenoxy) is 2. The minimum atomic E-state index is -0.205. The van der Waals surface area contributed by atoms with Crippen molar-refractivity contribution in [2.45, 2.75) is 32.8 Å². The number of phenolic OH excluding ortho intramolecular Hbond substituents is 1. The molecule has 23 heavy (non-hydrogen) atoms. The highest BCUT2D eigenvalue weighted by Crippen LogP contribution is 2.31. The van der Waals surface area contributed by atoms with Crippen molar-refractivity contribution in [2.75, 3.05) is 6.61 Å². The Kier molecular flexibility index (Phi) is 6.48. The van der Waals surface area contributed by atoms with E-state index in [0.717, 1.165) is 11.1 Å². The van der Waals surface area contributed by atoms with E-state index in [0.29, 0.717) is 38.2 Å². The first-order valence-corrected chi connectivity index (χ1v) is 7.84. The first-order valence-electron chi connectivity index (χ1n) is 7.84. The fourth-order valence-corrected chi connectivity index (χ4v) is 2.28. The Morgan fingerprint density at radius 2 is 1.87 bits per heavy atom. The van der Waals surface area contributed by atoms with Gasteiger partial charge in [0.15, 0.2) is 11.5 Å². The smallest absolute Gasteiger partial charge is 0.305 e. The lowest BCUT2D eigenvalue weighted by Gasteiger charge is -2.11.